The van der Waals surface area contributed by atoms with Gasteiger partial charge in [-0.05, 0) is 37.9 Å². The molecule has 0 radical (unpaired) electrons. The molecule has 0 aromatic heterocycles. The van der Waals surface area contributed by atoms with E-state index in [2.05, 4.69) is 0 Å². The summed E-state index contributed by atoms with van der Waals surface area (Å²) in [5, 5.41) is 1.39. The summed E-state index contributed by atoms with van der Waals surface area (Å²) >= 11 is 12.0. The molecule has 0 aliphatic rings. The fourth-order valence-corrected chi connectivity index (χ4v) is 1.81. The Balaban J connectivity index is 3.08. The second kappa shape index (κ2) is 4.99. The lowest BCUT2D eigenvalue weighted by atomic mass is 10.1. The van der Waals surface area contributed by atoms with Crippen molar-refractivity contribution in [3.05, 3.63) is 33.8 Å². The zero-order valence-corrected chi connectivity index (χ0v) is 9.81. The van der Waals surface area contributed by atoms with Crippen molar-refractivity contribution in [2.24, 2.45) is 5.73 Å². The number of hydrogen-bond donors (Lipinski definition) is 1. The number of rotatable bonds is 3. The van der Waals surface area contributed by atoms with Gasteiger partial charge in [0.25, 0.3) is 0 Å². The standard InChI is InChI=1S/C10H14Cl2N2/c1-14(2)10(6-13)8-5-7(11)3-4-9(8)12/h3-5,10H,6,13H2,1-2H3. The Morgan fingerprint density at radius 3 is 2.50 bits per heavy atom. The maximum Gasteiger partial charge on any atom is 0.0480 e. The van der Waals surface area contributed by atoms with E-state index in [-0.39, 0.29) is 6.04 Å². The second-order valence-electron chi connectivity index (χ2n) is 3.38. The molecule has 2 nitrogen and oxygen atoms in total. The van der Waals surface area contributed by atoms with Crippen molar-refractivity contribution < 1.29 is 0 Å². The second-order valence-corrected chi connectivity index (χ2v) is 4.22. The van der Waals surface area contributed by atoms with Gasteiger partial charge in [0.1, 0.15) is 0 Å². The summed E-state index contributed by atoms with van der Waals surface area (Å²) in [5.74, 6) is 0. The van der Waals surface area contributed by atoms with Gasteiger partial charge in [-0.2, -0.15) is 0 Å². The van der Waals surface area contributed by atoms with E-state index >= 15 is 0 Å². The maximum atomic E-state index is 6.07. The average molecular weight is 233 g/mol. The van der Waals surface area contributed by atoms with Gasteiger partial charge in [0.15, 0.2) is 0 Å². The first-order valence-electron chi connectivity index (χ1n) is 4.37. The highest BCUT2D eigenvalue weighted by Gasteiger charge is 2.15. The summed E-state index contributed by atoms with van der Waals surface area (Å²) in [4.78, 5) is 2.03. The zero-order valence-electron chi connectivity index (χ0n) is 8.30. The van der Waals surface area contributed by atoms with Crippen LogP contribution in [-0.4, -0.2) is 25.5 Å². The van der Waals surface area contributed by atoms with Gasteiger partial charge in [-0.1, -0.05) is 23.2 Å². The summed E-state index contributed by atoms with van der Waals surface area (Å²) in [7, 11) is 3.93. The topological polar surface area (TPSA) is 29.3 Å². The normalized spacial score (nSPS) is 13.3. The summed E-state index contributed by atoms with van der Waals surface area (Å²) in [6.45, 7) is 0.521. The van der Waals surface area contributed by atoms with E-state index in [0.29, 0.717) is 16.6 Å². The van der Waals surface area contributed by atoms with Crippen molar-refractivity contribution in [2.75, 3.05) is 20.6 Å². The van der Waals surface area contributed by atoms with Gasteiger partial charge in [0, 0.05) is 22.6 Å². The van der Waals surface area contributed by atoms with Crippen molar-refractivity contribution in [2.45, 2.75) is 6.04 Å². The molecule has 1 aromatic carbocycles. The Kier molecular flexibility index (Phi) is 4.20. The van der Waals surface area contributed by atoms with Crippen LogP contribution in [0.5, 0.6) is 0 Å². The molecule has 0 aliphatic carbocycles. The minimum Gasteiger partial charge on any atom is -0.329 e. The third kappa shape index (κ3) is 2.61. The van der Waals surface area contributed by atoms with Crippen LogP contribution in [0.3, 0.4) is 0 Å². The van der Waals surface area contributed by atoms with Crippen LogP contribution in [-0.2, 0) is 0 Å². The first-order chi connectivity index (χ1) is 6.56. The van der Waals surface area contributed by atoms with Crippen molar-refractivity contribution in [1.29, 1.82) is 0 Å². The van der Waals surface area contributed by atoms with Gasteiger partial charge in [-0.15, -0.1) is 0 Å². The third-order valence-electron chi connectivity index (χ3n) is 2.16. The summed E-state index contributed by atoms with van der Waals surface area (Å²) in [6.07, 6.45) is 0. The van der Waals surface area contributed by atoms with Crippen molar-refractivity contribution in [1.82, 2.24) is 4.90 Å². The van der Waals surface area contributed by atoms with E-state index in [0.717, 1.165) is 5.56 Å². The molecule has 2 N–H and O–H groups in total. The van der Waals surface area contributed by atoms with E-state index in [1.165, 1.54) is 0 Å². The van der Waals surface area contributed by atoms with Gasteiger partial charge in [0.05, 0.1) is 0 Å². The molecule has 1 unspecified atom stereocenters. The molecule has 0 saturated carbocycles. The predicted molar refractivity (Wildman–Crippen MR) is 61.9 cm³/mol. The van der Waals surface area contributed by atoms with E-state index in [4.69, 9.17) is 28.9 Å². The lowest BCUT2D eigenvalue weighted by molar-refractivity contribution is 0.306. The lowest BCUT2D eigenvalue weighted by Gasteiger charge is -2.24. The molecule has 0 spiro atoms. The SMILES string of the molecule is CN(C)C(CN)c1cc(Cl)ccc1Cl. The maximum absolute atomic E-state index is 6.07. The van der Waals surface area contributed by atoms with Crippen LogP contribution in [0, 0.1) is 0 Å². The van der Waals surface area contributed by atoms with Crippen LogP contribution in [0.4, 0.5) is 0 Å². The molecule has 0 saturated heterocycles. The third-order valence-corrected chi connectivity index (χ3v) is 2.74. The lowest BCUT2D eigenvalue weighted by Crippen LogP contribution is -2.27. The first kappa shape index (κ1) is 11.8. The Hall–Kier alpha value is -0.280. The van der Waals surface area contributed by atoms with Gasteiger partial charge in [-0.3, -0.25) is 0 Å². The minimum absolute atomic E-state index is 0.112. The van der Waals surface area contributed by atoms with Crippen LogP contribution < -0.4 is 5.73 Å². The first-order valence-corrected chi connectivity index (χ1v) is 5.13. The monoisotopic (exact) mass is 232 g/mol. The minimum atomic E-state index is 0.112. The van der Waals surface area contributed by atoms with Crippen molar-refractivity contribution in [3.63, 3.8) is 0 Å². The number of hydrogen-bond acceptors (Lipinski definition) is 2. The summed E-state index contributed by atoms with van der Waals surface area (Å²) in [5.41, 5.74) is 6.66. The number of nitrogens with zero attached hydrogens (tertiary/aromatic N) is 1. The molecule has 0 heterocycles. The number of nitrogens with two attached hydrogens (primary N) is 1. The van der Waals surface area contributed by atoms with Crippen molar-refractivity contribution >= 4 is 23.2 Å². The fourth-order valence-electron chi connectivity index (χ4n) is 1.39. The molecule has 0 fully saturated rings. The predicted octanol–water partition coefficient (Wildman–Crippen LogP) is 2.55. The van der Waals surface area contributed by atoms with E-state index < -0.39 is 0 Å². The Morgan fingerprint density at radius 2 is 2.00 bits per heavy atom. The van der Waals surface area contributed by atoms with Crippen LogP contribution in [0.25, 0.3) is 0 Å². The molecule has 4 heteroatoms. The van der Waals surface area contributed by atoms with Gasteiger partial charge < -0.3 is 10.6 Å². The van der Waals surface area contributed by atoms with Gasteiger partial charge in [0.2, 0.25) is 0 Å². The van der Waals surface area contributed by atoms with E-state index in [1.807, 2.05) is 25.1 Å². The average Bonchev–Trinajstić information content (AvgIpc) is 2.11. The van der Waals surface area contributed by atoms with E-state index in [1.54, 1.807) is 12.1 Å². The fraction of sp³-hybridized carbons (Fsp3) is 0.400. The molecule has 14 heavy (non-hydrogen) atoms. The molecule has 78 valence electrons. The highest BCUT2D eigenvalue weighted by atomic mass is 35.5. The number of halogens is 2. The van der Waals surface area contributed by atoms with Crippen LogP contribution in [0.15, 0.2) is 18.2 Å². The van der Waals surface area contributed by atoms with Crippen LogP contribution >= 0.6 is 23.2 Å². The highest BCUT2D eigenvalue weighted by molar-refractivity contribution is 6.33. The Morgan fingerprint density at radius 1 is 1.36 bits per heavy atom. The molecule has 0 bridgehead atoms. The van der Waals surface area contributed by atoms with Crippen LogP contribution in [0.2, 0.25) is 10.0 Å². The smallest absolute Gasteiger partial charge is 0.0480 e. The molecule has 1 atom stereocenters. The molecular weight excluding hydrogens is 219 g/mol. The molecule has 1 aromatic rings. The van der Waals surface area contributed by atoms with Crippen LogP contribution in [0.1, 0.15) is 11.6 Å². The Labute approximate surface area is 94.6 Å². The largest absolute Gasteiger partial charge is 0.329 e. The number of benzene rings is 1. The highest BCUT2D eigenvalue weighted by Crippen LogP contribution is 2.28. The van der Waals surface area contributed by atoms with Crippen molar-refractivity contribution in [3.8, 4) is 0 Å². The quantitative estimate of drug-likeness (QED) is 0.869. The molecule has 1 rings (SSSR count). The van der Waals surface area contributed by atoms with E-state index in [9.17, 15) is 0 Å². The molecule has 0 amide bonds. The summed E-state index contributed by atoms with van der Waals surface area (Å²) in [6, 6.07) is 5.55. The molecule has 0 aliphatic heterocycles. The molecular formula is C10H14Cl2N2. The van der Waals surface area contributed by atoms with Gasteiger partial charge >= 0.3 is 0 Å². The Bertz CT molecular complexity index is 313. The number of likely N-dealkylation sites (N-methyl/N-ethyl adjacent to an activating group) is 1. The zero-order chi connectivity index (χ0) is 10.7. The summed E-state index contributed by atoms with van der Waals surface area (Å²) < 4.78 is 0. The van der Waals surface area contributed by atoms with Gasteiger partial charge in [-0.25, -0.2) is 0 Å².